The number of ether oxygens (including phenoxy) is 1. The molecule has 0 aliphatic heterocycles. The molecule has 0 fully saturated rings. The number of carbonyl (C=O) groups is 2. The van der Waals surface area contributed by atoms with E-state index in [1.165, 1.54) is 12.0 Å². The molecule has 1 aromatic rings. The molecule has 0 heterocycles. The molecule has 104 valence electrons. The van der Waals surface area contributed by atoms with E-state index in [9.17, 15) is 9.59 Å². The number of urea groups is 1. The normalized spacial score (nSPS) is 10.2. The Balaban J connectivity index is 2.71. The average Bonchev–Trinajstić information content (AvgIpc) is 2.37. The van der Waals surface area contributed by atoms with Crippen LogP contribution < -0.4 is 5.32 Å². The van der Waals surface area contributed by atoms with Gasteiger partial charge in [0.25, 0.3) is 0 Å². The lowest BCUT2D eigenvalue weighted by atomic mass is 10.2. The van der Waals surface area contributed by atoms with E-state index in [0.29, 0.717) is 5.69 Å². The summed E-state index contributed by atoms with van der Waals surface area (Å²) in [4.78, 5) is 24.8. The lowest BCUT2D eigenvalue weighted by Crippen LogP contribution is -2.43. The summed E-state index contributed by atoms with van der Waals surface area (Å²) in [5.41, 5.74) is 1.82. The Labute approximate surface area is 113 Å². The van der Waals surface area contributed by atoms with Crippen molar-refractivity contribution in [3.8, 4) is 0 Å². The van der Waals surface area contributed by atoms with Crippen LogP contribution in [0.15, 0.2) is 24.3 Å². The molecule has 0 saturated heterocycles. The molecule has 5 heteroatoms. The Morgan fingerprint density at radius 1 is 1.26 bits per heavy atom. The minimum Gasteiger partial charge on any atom is -0.468 e. The van der Waals surface area contributed by atoms with Crippen molar-refractivity contribution in [1.82, 2.24) is 4.90 Å². The second-order valence-corrected chi connectivity index (χ2v) is 4.59. The van der Waals surface area contributed by atoms with Crippen molar-refractivity contribution in [3.63, 3.8) is 0 Å². The second-order valence-electron chi connectivity index (χ2n) is 4.59. The second kappa shape index (κ2) is 6.78. The molecule has 0 radical (unpaired) electrons. The molecule has 2 amide bonds. The average molecular weight is 264 g/mol. The van der Waals surface area contributed by atoms with Crippen molar-refractivity contribution >= 4 is 17.7 Å². The van der Waals surface area contributed by atoms with Gasteiger partial charge in [0.05, 0.1) is 7.11 Å². The van der Waals surface area contributed by atoms with Crippen LogP contribution in [0.5, 0.6) is 0 Å². The first-order valence-corrected chi connectivity index (χ1v) is 6.15. The van der Waals surface area contributed by atoms with Crippen LogP contribution >= 0.6 is 0 Å². The number of carbonyl (C=O) groups excluding carboxylic acids is 2. The molecule has 0 saturated carbocycles. The zero-order valence-electron chi connectivity index (χ0n) is 11.8. The summed E-state index contributed by atoms with van der Waals surface area (Å²) in [5, 5.41) is 2.76. The van der Waals surface area contributed by atoms with Crippen LogP contribution in [0.4, 0.5) is 10.5 Å². The fourth-order valence-corrected chi connectivity index (χ4v) is 1.52. The van der Waals surface area contributed by atoms with Crippen molar-refractivity contribution in [2.45, 2.75) is 26.8 Å². The van der Waals surface area contributed by atoms with E-state index in [1.54, 1.807) is 0 Å². The molecular formula is C14H20N2O3. The third-order valence-electron chi connectivity index (χ3n) is 2.71. The number of benzene rings is 1. The highest BCUT2D eigenvalue weighted by atomic mass is 16.5. The van der Waals surface area contributed by atoms with E-state index >= 15 is 0 Å². The Kier molecular flexibility index (Phi) is 5.36. The maximum atomic E-state index is 12.1. The van der Waals surface area contributed by atoms with Gasteiger partial charge in [-0.25, -0.2) is 4.79 Å². The van der Waals surface area contributed by atoms with Gasteiger partial charge >= 0.3 is 12.0 Å². The van der Waals surface area contributed by atoms with Gasteiger partial charge < -0.3 is 15.0 Å². The van der Waals surface area contributed by atoms with Crippen LogP contribution in [-0.4, -0.2) is 36.6 Å². The highest BCUT2D eigenvalue weighted by molar-refractivity contribution is 5.91. The Morgan fingerprint density at radius 2 is 1.84 bits per heavy atom. The molecule has 0 spiro atoms. The summed E-state index contributed by atoms with van der Waals surface area (Å²) >= 11 is 0. The van der Waals surface area contributed by atoms with Crippen LogP contribution in [-0.2, 0) is 9.53 Å². The molecule has 0 aliphatic carbocycles. The highest BCUT2D eigenvalue weighted by Crippen LogP contribution is 2.10. The van der Waals surface area contributed by atoms with Crippen LogP contribution in [0, 0.1) is 6.92 Å². The van der Waals surface area contributed by atoms with Gasteiger partial charge in [-0.15, -0.1) is 0 Å². The van der Waals surface area contributed by atoms with Crippen molar-refractivity contribution in [1.29, 1.82) is 0 Å². The standard InChI is InChI=1S/C14H20N2O3/c1-10(2)16(9-13(17)19-4)14(18)15-12-7-5-11(3)6-8-12/h5-8,10H,9H2,1-4H3,(H,15,18). The number of amides is 2. The Bertz CT molecular complexity index is 441. The van der Waals surface area contributed by atoms with Crippen LogP contribution in [0.25, 0.3) is 0 Å². The largest absolute Gasteiger partial charge is 0.468 e. The summed E-state index contributed by atoms with van der Waals surface area (Å²) in [7, 11) is 1.30. The topological polar surface area (TPSA) is 58.6 Å². The SMILES string of the molecule is COC(=O)CN(C(=O)Nc1ccc(C)cc1)C(C)C. The number of hydrogen-bond donors (Lipinski definition) is 1. The fourth-order valence-electron chi connectivity index (χ4n) is 1.52. The quantitative estimate of drug-likeness (QED) is 0.850. The van der Waals surface area contributed by atoms with Gasteiger partial charge in [0, 0.05) is 11.7 Å². The summed E-state index contributed by atoms with van der Waals surface area (Å²) in [5.74, 6) is -0.437. The summed E-state index contributed by atoms with van der Waals surface area (Å²) in [6, 6.07) is 7.06. The number of aryl methyl sites for hydroxylation is 1. The van der Waals surface area contributed by atoms with Gasteiger partial charge in [-0.3, -0.25) is 4.79 Å². The number of anilines is 1. The molecule has 0 aliphatic rings. The van der Waals surface area contributed by atoms with Gasteiger partial charge in [-0.1, -0.05) is 17.7 Å². The molecule has 0 atom stereocenters. The molecule has 1 rings (SSSR count). The number of nitrogens with one attached hydrogen (secondary N) is 1. The minimum absolute atomic E-state index is 0.0636. The molecule has 0 unspecified atom stereocenters. The van der Waals surface area contributed by atoms with Crippen molar-refractivity contribution in [2.24, 2.45) is 0 Å². The number of hydrogen-bond acceptors (Lipinski definition) is 3. The van der Waals surface area contributed by atoms with E-state index in [1.807, 2.05) is 45.0 Å². The lowest BCUT2D eigenvalue weighted by molar-refractivity contribution is -0.141. The number of rotatable bonds is 4. The van der Waals surface area contributed by atoms with E-state index in [-0.39, 0.29) is 18.6 Å². The van der Waals surface area contributed by atoms with Crippen LogP contribution in [0.1, 0.15) is 19.4 Å². The molecule has 1 N–H and O–H groups in total. The van der Waals surface area contributed by atoms with Crippen molar-refractivity contribution in [3.05, 3.63) is 29.8 Å². The van der Waals surface area contributed by atoms with Gasteiger partial charge in [-0.05, 0) is 32.9 Å². The Hall–Kier alpha value is -2.04. The van der Waals surface area contributed by atoms with Gasteiger partial charge in [-0.2, -0.15) is 0 Å². The smallest absolute Gasteiger partial charge is 0.325 e. The number of nitrogens with zero attached hydrogens (tertiary/aromatic N) is 1. The summed E-state index contributed by atoms with van der Waals surface area (Å²) < 4.78 is 4.59. The van der Waals surface area contributed by atoms with Gasteiger partial charge in [0.1, 0.15) is 6.54 Å². The Morgan fingerprint density at radius 3 is 2.32 bits per heavy atom. The third-order valence-corrected chi connectivity index (χ3v) is 2.71. The van der Waals surface area contributed by atoms with Gasteiger partial charge in [0.15, 0.2) is 0 Å². The first-order chi connectivity index (χ1) is 8.93. The van der Waals surface area contributed by atoms with E-state index in [2.05, 4.69) is 10.1 Å². The molecule has 1 aromatic carbocycles. The van der Waals surface area contributed by atoms with Crippen molar-refractivity contribution in [2.75, 3.05) is 19.0 Å². The first kappa shape index (κ1) is 15.0. The third kappa shape index (κ3) is 4.62. The minimum atomic E-state index is -0.437. The fraction of sp³-hybridized carbons (Fsp3) is 0.429. The maximum Gasteiger partial charge on any atom is 0.325 e. The zero-order valence-corrected chi connectivity index (χ0v) is 11.8. The van der Waals surface area contributed by atoms with Crippen LogP contribution in [0.3, 0.4) is 0 Å². The lowest BCUT2D eigenvalue weighted by Gasteiger charge is -2.25. The molecule has 0 bridgehead atoms. The number of esters is 1. The number of methoxy groups -OCH3 is 1. The van der Waals surface area contributed by atoms with E-state index in [4.69, 9.17) is 0 Å². The highest BCUT2D eigenvalue weighted by Gasteiger charge is 2.20. The van der Waals surface area contributed by atoms with E-state index < -0.39 is 5.97 Å². The summed E-state index contributed by atoms with van der Waals surface area (Å²) in [6.07, 6.45) is 0. The monoisotopic (exact) mass is 264 g/mol. The molecule has 0 aromatic heterocycles. The molecule has 5 nitrogen and oxygen atoms in total. The van der Waals surface area contributed by atoms with Crippen LogP contribution in [0.2, 0.25) is 0 Å². The first-order valence-electron chi connectivity index (χ1n) is 6.15. The van der Waals surface area contributed by atoms with E-state index in [0.717, 1.165) is 5.56 Å². The predicted octanol–water partition coefficient (Wildman–Crippen LogP) is 2.41. The van der Waals surface area contributed by atoms with Crippen molar-refractivity contribution < 1.29 is 14.3 Å². The summed E-state index contributed by atoms with van der Waals surface area (Å²) in [6.45, 7) is 5.60. The maximum absolute atomic E-state index is 12.1. The zero-order chi connectivity index (χ0) is 14.4. The molecular weight excluding hydrogens is 244 g/mol. The predicted molar refractivity (Wildman–Crippen MR) is 74.1 cm³/mol. The molecule has 19 heavy (non-hydrogen) atoms. The van der Waals surface area contributed by atoms with Gasteiger partial charge in [0.2, 0.25) is 0 Å².